The molecule has 10 N–H and O–H groups in total. The zero-order chi connectivity index (χ0) is 55.0. The summed E-state index contributed by atoms with van der Waals surface area (Å²) in [6.07, 6.45) is 0.646. The van der Waals surface area contributed by atoms with Gasteiger partial charge < -0.3 is 56.6 Å². The first-order valence-corrected chi connectivity index (χ1v) is 24.2. The van der Waals surface area contributed by atoms with Crippen LogP contribution >= 0.6 is 0 Å². The third kappa shape index (κ3) is 21.3. The molecule has 26 nitrogen and oxygen atoms in total. The highest BCUT2D eigenvalue weighted by molar-refractivity contribution is 5.95. The fraction of sp³-hybridized carbons (Fsp3) is 0.490. The molecule has 1 aliphatic rings. The molecule has 3 atom stereocenters. The number of carbonyl (C=O) groups excluding carboxylic acids is 3. The number of carboxylic acids is 7. The van der Waals surface area contributed by atoms with Crippen molar-refractivity contribution in [2.24, 2.45) is 0 Å². The van der Waals surface area contributed by atoms with Crippen molar-refractivity contribution in [3.63, 3.8) is 0 Å². The van der Waals surface area contributed by atoms with Gasteiger partial charge in [-0.1, -0.05) is 36.4 Å². The number of nitrogens with one attached hydrogen (secondary N) is 3. The summed E-state index contributed by atoms with van der Waals surface area (Å²) in [5.74, 6) is -9.66. The molecular weight excluding hydrogens is 987 g/mol. The number of urea groups is 1. The molecule has 1 aromatic heterocycles. The van der Waals surface area contributed by atoms with E-state index in [1.54, 1.807) is 55.0 Å². The molecule has 0 radical (unpaired) electrons. The fourth-order valence-corrected chi connectivity index (χ4v) is 8.41. The second-order valence-corrected chi connectivity index (χ2v) is 17.9. The summed E-state index contributed by atoms with van der Waals surface area (Å²) in [7, 11) is 0. The van der Waals surface area contributed by atoms with Gasteiger partial charge >= 0.3 is 47.8 Å². The smallest absolute Gasteiger partial charge is 0.326 e. The molecule has 4 amide bonds. The highest BCUT2D eigenvalue weighted by atomic mass is 16.4. The van der Waals surface area contributed by atoms with Crippen molar-refractivity contribution in [3.05, 3.63) is 77.6 Å². The normalized spacial score (nSPS) is 15.5. The van der Waals surface area contributed by atoms with Gasteiger partial charge in [-0.2, -0.15) is 0 Å². The molecule has 1 aliphatic heterocycles. The van der Waals surface area contributed by atoms with Crippen LogP contribution in [-0.4, -0.2) is 222 Å². The van der Waals surface area contributed by atoms with E-state index < -0.39 is 104 Å². The average Bonchev–Trinajstić information content (AvgIpc) is 3.34. The molecule has 1 fully saturated rings. The van der Waals surface area contributed by atoms with Crippen molar-refractivity contribution in [1.82, 2.24) is 45.4 Å². The Kier molecular flexibility index (Phi) is 24.2. The van der Waals surface area contributed by atoms with Crippen LogP contribution in [0.1, 0.15) is 66.6 Å². The summed E-state index contributed by atoms with van der Waals surface area (Å²) < 4.78 is 0. The van der Waals surface area contributed by atoms with Gasteiger partial charge in [0.05, 0.1) is 31.9 Å². The molecular formula is C49H65N9O17. The number of pyridine rings is 1. The number of rotatable bonds is 28. The third-order valence-corrected chi connectivity index (χ3v) is 12.4. The lowest BCUT2D eigenvalue weighted by Crippen LogP contribution is -2.52. The Balaban J connectivity index is 1.40. The highest BCUT2D eigenvalue weighted by Crippen LogP contribution is 2.20. The van der Waals surface area contributed by atoms with E-state index in [4.69, 9.17) is 5.11 Å². The van der Waals surface area contributed by atoms with E-state index >= 15 is 0 Å². The number of unbranched alkanes of at least 4 members (excludes halogenated alkanes) is 1. The summed E-state index contributed by atoms with van der Waals surface area (Å²) in [5, 5.41) is 75.8. The minimum Gasteiger partial charge on any atom is -0.481 e. The Labute approximate surface area is 430 Å². The molecule has 2 heterocycles. The molecule has 1 saturated heterocycles. The number of carboxylic acid groups (broad SMARTS) is 7. The van der Waals surface area contributed by atoms with Crippen LogP contribution in [-0.2, 0) is 51.4 Å². The third-order valence-electron chi connectivity index (χ3n) is 12.4. The Hall–Kier alpha value is -7.81. The quantitative estimate of drug-likeness (QED) is 0.0441. The van der Waals surface area contributed by atoms with Crippen molar-refractivity contribution in [2.45, 2.75) is 76.2 Å². The first kappa shape index (κ1) is 59.8. The van der Waals surface area contributed by atoms with Gasteiger partial charge in [0.15, 0.2) is 0 Å². The van der Waals surface area contributed by atoms with Crippen LogP contribution in [0.5, 0.6) is 0 Å². The van der Waals surface area contributed by atoms with Crippen molar-refractivity contribution >= 4 is 70.4 Å². The van der Waals surface area contributed by atoms with Crippen molar-refractivity contribution in [1.29, 1.82) is 0 Å². The molecule has 0 spiro atoms. The van der Waals surface area contributed by atoms with Gasteiger partial charge in [-0.15, -0.1) is 0 Å². The zero-order valence-electron chi connectivity index (χ0n) is 41.3. The van der Waals surface area contributed by atoms with Crippen molar-refractivity contribution in [3.8, 4) is 0 Å². The molecule has 75 heavy (non-hydrogen) atoms. The second-order valence-electron chi connectivity index (χ2n) is 17.9. The molecule has 0 saturated carbocycles. The Morgan fingerprint density at radius 1 is 0.573 bits per heavy atom. The molecule has 26 heteroatoms. The van der Waals surface area contributed by atoms with Crippen LogP contribution < -0.4 is 16.0 Å². The van der Waals surface area contributed by atoms with E-state index in [1.165, 1.54) is 0 Å². The van der Waals surface area contributed by atoms with Crippen LogP contribution in [0.15, 0.2) is 60.8 Å². The Morgan fingerprint density at radius 3 is 1.63 bits per heavy atom. The lowest BCUT2D eigenvalue weighted by atomic mass is 10.1. The number of amides is 4. The van der Waals surface area contributed by atoms with Gasteiger partial charge in [0, 0.05) is 95.4 Å². The molecule has 2 aromatic carbocycles. The average molecular weight is 1050 g/mol. The molecule has 0 bridgehead atoms. The van der Waals surface area contributed by atoms with E-state index in [0.717, 1.165) is 10.8 Å². The maximum Gasteiger partial charge on any atom is 0.326 e. The van der Waals surface area contributed by atoms with Gasteiger partial charge in [-0.05, 0) is 61.3 Å². The molecule has 408 valence electrons. The molecule has 4 rings (SSSR count). The lowest BCUT2D eigenvalue weighted by molar-refractivity contribution is -0.145. The minimum absolute atomic E-state index is 0.0156. The Morgan fingerprint density at radius 2 is 1.11 bits per heavy atom. The number of nitrogens with zero attached hydrogens (tertiary/aromatic N) is 6. The fourth-order valence-electron chi connectivity index (χ4n) is 8.41. The minimum atomic E-state index is -1.57. The summed E-state index contributed by atoms with van der Waals surface area (Å²) in [6, 6.07) is 10.4. The predicted molar refractivity (Wildman–Crippen MR) is 264 cm³/mol. The number of carbonyl (C=O) groups is 10. The number of fused-ring (bicyclic) bond motifs is 1. The number of hydrogen-bond acceptors (Lipinski definition) is 15. The van der Waals surface area contributed by atoms with Crippen LogP contribution in [0.25, 0.3) is 10.8 Å². The zero-order valence-corrected chi connectivity index (χ0v) is 41.3. The van der Waals surface area contributed by atoms with Crippen LogP contribution in [0, 0.1) is 0 Å². The van der Waals surface area contributed by atoms with Gasteiger partial charge in [0.25, 0.3) is 5.91 Å². The summed E-state index contributed by atoms with van der Waals surface area (Å²) >= 11 is 0. The van der Waals surface area contributed by atoms with E-state index in [9.17, 15) is 78.6 Å². The first-order valence-electron chi connectivity index (χ1n) is 24.2. The second kappa shape index (κ2) is 30.4. The van der Waals surface area contributed by atoms with Crippen LogP contribution in [0.4, 0.5) is 4.79 Å². The highest BCUT2D eigenvalue weighted by Gasteiger charge is 2.30. The van der Waals surface area contributed by atoms with Gasteiger partial charge in [0.1, 0.15) is 18.1 Å². The molecule has 0 aliphatic carbocycles. The maximum absolute atomic E-state index is 14.2. The lowest BCUT2D eigenvalue weighted by Gasteiger charge is -2.35. The topological polar surface area (TPSA) is 377 Å². The summed E-state index contributed by atoms with van der Waals surface area (Å²) in [6.45, 7) is -0.0344. The first-order chi connectivity index (χ1) is 35.7. The van der Waals surface area contributed by atoms with Crippen molar-refractivity contribution < 1.29 is 83.7 Å². The summed E-state index contributed by atoms with van der Waals surface area (Å²) in [4.78, 5) is 134. The summed E-state index contributed by atoms with van der Waals surface area (Å²) in [5.41, 5.74) is 1.48. The van der Waals surface area contributed by atoms with E-state index in [1.807, 2.05) is 30.3 Å². The Bertz CT molecular complexity index is 2440. The van der Waals surface area contributed by atoms with Crippen LogP contribution in [0.2, 0.25) is 0 Å². The van der Waals surface area contributed by atoms with E-state index in [2.05, 4.69) is 20.9 Å². The predicted octanol–water partition coefficient (Wildman–Crippen LogP) is 0.443. The molecule has 1 unspecified atom stereocenters. The van der Waals surface area contributed by atoms with E-state index in [-0.39, 0.29) is 116 Å². The monoisotopic (exact) mass is 1050 g/mol. The van der Waals surface area contributed by atoms with Crippen LogP contribution in [0.3, 0.4) is 0 Å². The van der Waals surface area contributed by atoms with Gasteiger partial charge in [-0.3, -0.25) is 58.1 Å². The maximum atomic E-state index is 14.2. The standard InChI is InChI=1S/C49H65N9O17/c59-40(14-13-39(48(73)74)57-25-23-55(30-43(64)65)21-19-54(29-42(62)63)20-22-56(24-26-57)31-44(66)67)51-27-32-8-10-34(11-9-32)45(68)58(28-38-35-6-2-1-5-33(35)16-17-50-38)18-4-3-7-36(46(69)70)52-49(75)53-37(47(71)72)12-15-41(60)61/h1-2,5-6,8-11,16-17,36-37,39H,3-4,7,12-15,18-31H2,(H,51,59)(H,60,61)(H,62,63)(H,64,65)(H,66,67)(H,69,70)(H,71,72)(H,73,74)(H2,52,53,75)/t36-,37-,39?/m1/s1. The largest absolute Gasteiger partial charge is 0.481 e. The number of benzene rings is 2. The number of aliphatic carboxylic acids is 7. The number of hydrogen-bond donors (Lipinski definition) is 10. The van der Waals surface area contributed by atoms with E-state index in [0.29, 0.717) is 11.3 Å². The number of aromatic nitrogens is 1. The van der Waals surface area contributed by atoms with Gasteiger partial charge in [0.2, 0.25) is 5.91 Å². The van der Waals surface area contributed by atoms with Crippen molar-refractivity contribution in [2.75, 3.05) is 78.5 Å². The van der Waals surface area contributed by atoms with Gasteiger partial charge in [-0.25, -0.2) is 14.4 Å². The molecule has 3 aromatic rings. The SMILES string of the molecule is O=C(O)CC[C@@H](NC(=O)N[C@H](CCCCN(Cc1nccc2ccccc12)C(=O)c1ccc(CNC(=O)CCC(C(=O)O)N2CCN(CC(=O)O)CCN(CC(=O)O)CCN(CC(=O)O)CC2)cc1)C(=O)O)C(=O)O.